The molecule has 0 radical (unpaired) electrons. The molecule has 266 valence electrons. The first-order valence-corrected chi connectivity index (χ1v) is 17.1. The molecule has 3 aliphatic heterocycles. The highest BCUT2D eigenvalue weighted by molar-refractivity contribution is 6.14. The van der Waals surface area contributed by atoms with Crippen molar-refractivity contribution >= 4 is 46.6 Å². The maximum atomic E-state index is 15.0. The van der Waals surface area contributed by atoms with E-state index in [1.165, 1.54) is 24.2 Å². The maximum Gasteiger partial charge on any atom is 0.237 e. The second-order valence-electron chi connectivity index (χ2n) is 13.5. The van der Waals surface area contributed by atoms with E-state index >= 15 is 0 Å². The van der Waals surface area contributed by atoms with Crippen molar-refractivity contribution in [1.29, 1.82) is 5.41 Å². The van der Waals surface area contributed by atoms with Crippen LogP contribution in [-0.2, 0) is 9.59 Å². The van der Waals surface area contributed by atoms with Gasteiger partial charge in [0.1, 0.15) is 23.6 Å². The molecular weight excluding hydrogens is 649 g/mol. The summed E-state index contributed by atoms with van der Waals surface area (Å²) in [6.07, 6.45) is 6.81. The molecule has 0 unspecified atom stereocenters. The van der Waals surface area contributed by atoms with Crippen molar-refractivity contribution in [3.8, 4) is 5.75 Å². The van der Waals surface area contributed by atoms with Crippen LogP contribution in [0.3, 0.4) is 0 Å². The molecule has 1 atom stereocenters. The average Bonchev–Trinajstić information content (AvgIpc) is 3.68. The number of ether oxygens (including phenoxy) is 1. The number of rotatable bonds is 10. The molecule has 0 aliphatic carbocycles. The van der Waals surface area contributed by atoms with Crippen LogP contribution < -0.4 is 21.1 Å². The quantitative estimate of drug-likeness (QED) is 0.163. The van der Waals surface area contributed by atoms with E-state index in [9.17, 15) is 14.0 Å². The summed E-state index contributed by atoms with van der Waals surface area (Å²) in [6.45, 7) is 6.73. The number of pyridine rings is 1. The summed E-state index contributed by atoms with van der Waals surface area (Å²) in [6, 6.07) is 14.2. The molecule has 3 aliphatic rings. The van der Waals surface area contributed by atoms with Gasteiger partial charge in [0.05, 0.1) is 30.0 Å². The molecule has 2 fully saturated rings. The summed E-state index contributed by atoms with van der Waals surface area (Å²) < 4.78 is 20.5. The Balaban J connectivity index is 1.06. The molecule has 5 N–H and O–H groups in total. The number of hydrogen-bond donors (Lipinski definition) is 3. The lowest BCUT2D eigenvalue weighted by Crippen LogP contribution is -2.43. The predicted molar refractivity (Wildman–Crippen MR) is 198 cm³/mol. The van der Waals surface area contributed by atoms with E-state index in [2.05, 4.69) is 25.9 Å². The van der Waals surface area contributed by atoms with Crippen molar-refractivity contribution in [3.63, 3.8) is 0 Å². The second kappa shape index (κ2) is 14.8. The Hall–Kier alpha value is -5.43. The van der Waals surface area contributed by atoms with E-state index in [0.29, 0.717) is 57.1 Å². The molecule has 3 aromatic rings. The number of likely N-dealkylation sites (tertiary alicyclic amines) is 1. The van der Waals surface area contributed by atoms with Crippen LogP contribution in [0.4, 0.5) is 15.8 Å². The summed E-state index contributed by atoms with van der Waals surface area (Å²) in [4.78, 5) is 45.1. The molecule has 0 bridgehead atoms. The third kappa shape index (κ3) is 7.53. The summed E-state index contributed by atoms with van der Waals surface area (Å²) in [7, 11) is 1.64. The number of nitrogen functional groups attached to an aromatic ring is 1. The molecule has 1 spiro atoms. The second-order valence-corrected chi connectivity index (χ2v) is 13.5. The molecule has 51 heavy (non-hydrogen) atoms. The van der Waals surface area contributed by atoms with Gasteiger partial charge in [-0.15, -0.1) is 0 Å². The van der Waals surface area contributed by atoms with Crippen LogP contribution in [-0.4, -0.2) is 96.9 Å². The Morgan fingerprint density at radius 2 is 1.90 bits per heavy atom. The van der Waals surface area contributed by atoms with Crippen molar-refractivity contribution in [2.24, 2.45) is 21.1 Å². The first-order chi connectivity index (χ1) is 24.5. The smallest absolute Gasteiger partial charge is 0.237 e. The van der Waals surface area contributed by atoms with Gasteiger partial charge in [0.2, 0.25) is 11.8 Å². The van der Waals surface area contributed by atoms with Gasteiger partial charge < -0.3 is 26.0 Å². The number of nitrogens with zero attached hydrogens (tertiary/aromatic N) is 6. The minimum atomic E-state index is -0.693. The van der Waals surface area contributed by atoms with Crippen molar-refractivity contribution in [2.45, 2.75) is 39.2 Å². The van der Waals surface area contributed by atoms with Gasteiger partial charge in [0.15, 0.2) is 5.82 Å². The third-order valence-electron chi connectivity index (χ3n) is 9.77. The standard InChI is InChI=1S/C38H44FN9O3/c1-24(2)51-29-19-31(39)35(44-20-29)34(41)30-18-28(8-9-32(30)40)48-17-13-38(37(48)50)12-16-46(22-38)21-33(49)47-14-10-26(11-15-47)25-4-6-27(7-5-25)36(42)45-23-43-3/h4-10,18-20,23-24,41H,11-17,21-22,40H2,1-3H3,(H2,42,43,45)/t38-/m0/s1. The number of halogens is 1. The predicted octanol–water partition coefficient (Wildman–Crippen LogP) is 4.11. The van der Waals surface area contributed by atoms with Gasteiger partial charge in [-0.2, -0.15) is 0 Å². The van der Waals surface area contributed by atoms with E-state index in [4.69, 9.17) is 21.6 Å². The first-order valence-electron chi connectivity index (χ1n) is 17.1. The zero-order valence-electron chi connectivity index (χ0n) is 29.2. The fourth-order valence-electron chi connectivity index (χ4n) is 7.03. The lowest BCUT2D eigenvalue weighted by atomic mass is 9.85. The normalized spacial score (nSPS) is 19.8. The molecule has 13 heteroatoms. The Bertz CT molecular complexity index is 1920. The largest absolute Gasteiger partial charge is 0.489 e. The van der Waals surface area contributed by atoms with Crippen molar-refractivity contribution in [1.82, 2.24) is 14.8 Å². The van der Waals surface area contributed by atoms with Crippen LogP contribution in [0.15, 0.2) is 70.8 Å². The van der Waals surface area contributed by atoms with Gasteiger partial charge in [-0.3, -0.25) is 24.9 Å². The summed E-state index contributed by atoms with van der Waals surface area (Å²) >= 11 is 0. The highest BCUT2D eigenvalue weighted by atomic mass is 19.1. The molecule has 12 nitrogen and oxygen atoms in total. The Kier molecular flexibility index (Phi) is 10.3. The van der Waals surface area contributed by atoms with Gasteiger partial charge in [-0.05, 0) is 69.0 Å². The van der Waals surface area contributed by atoms with E-state index in [-0.39, 0.29) is 52.9 Å². The lowest BCUT2D eigenvalue weighted by Gasteiger charge is -2.29. The molecular formula is C38H44FN9O3. The molecule has 4 heterocycles. The fourth-order valence-corrected chi connectivity index (χ4v) is 7.03. The Labute approximate surface area is 297 Å². The van der Waals surface area contributed by atoms with E-state index in [0.717, 1.165) is 17.5 Å². The SMILES string of the molecule is CN=CN=C(N)c1ccc(C2=CCN(C(=O)CN3CC[C@]4(CCN(c5ccc(N)c(C(=N)c6ncc(OC(C)C)cc6F)c5)C4=O)C3)CC2)cc1. The molecule has 2 saturated heterocycles. The highest BCUT2D eigenvalue weighted by Crippen LogP contribution is 2.43. The van der Waals surface area contributed by atoms with Gasteiger partial charge in [-0.25, -0.2) is 14.4 Å². The number of benzene rings is 2. The number of nitrogens with one attached hydrogen (secondary N) is 1. The zero-order valence-corrected chi connectivity index (χ0v) is 29.2. The minimum absolute atomic E-state index is 0.0118. The number of aromatic nitrogens is 1. The average molecular weight is 694 g/mol. The lowest BCUT2D eigenvalue weighted by molar-refractivity contribution is -0.132. The van der Waals surface area contributed by atoms with Crippen LogP contribution >= 0.6 is 0 Å². The number of nitrogens with two attached hydrogens (primary N) is 2. The van der Waals surface area contributed by atoms with Crippen molar-refractivity contribution in [3.05, 3.63) is 89.0 Å². The third-order valence-corrected chi connectivity index (χ3v) is 9.77. The van der Waals surface area contributed by atoms with Gasteiger partial charge in [-0.1, -0.05) is 30.3 Å². The van der Waals surface area contributed by atoms with Crippen LogP contribution in [0.25, 0.3) is 5.57 Å². The van der Waals surface area contributed by atoms with Crippen LogP contribution in [0.5, 0.6) is 5.75 Å². The number of carbonyl (C=O) groups is 2. The topological polar surface area (TPSA) is 167 Å². The van der Waals surface area contributed by atoms with Crippen molar-refractivity contribution in [2.75, 3.05) is 56.9 Å². The zero-order chi connectivity index (χ0) is 36.3. The van der Waals surface area contributed by atoms with Gasteiger partial charge in [0, 0.05) is 61.8 Å². The molecule has 6 rings (SSSR count). The molecule has 1 aromatic heterocycles. The summed E-state index contributed by atoms with van der Waals surface area (Å²) in [5.41, 5.74) is 15.6. The number of carbonyl (C=O) groups excluding carboxylic acids is 2. The van der Waals surface area contributed by atoms with Gasteiger partial charge in [0.25, 0.3) is 0 Å². The number of aliphatic imine (C=N–C) groups is 2. The van der Waals surface area contributed by atoms with Crippen molar-refractivity contribution < 1.29 is 18.7 Å². The minimum Gasteiger partial charge on any atom is -0.489 e. The van der Waals surface area contributed by atoms with Crippen LogP contribution in [0.1, 0.15) is 55.5 Å². The number of amidine groups is 1. The summed E-state index contributed by atoms with van der Waals surface area (Å²) in [5, 5.41) is 8.73. The number of anilines is 2. The highest BCUT2D eigenvalue weighted by Gasteiger charge is 2.51. The van der Waals surface area contributed by atoms with Gasteiger partial charge >= 0.3 is 0 Å². The monoisotopic (exact) mass is 693 g/mol. The fraction of sp³-hybridized carbons (Fsp3) is 0.368. The Morgan fingerprint density at radius 1 is 1.14 bits per heavy atom. The first kappa shape index (κ1) is 35.4. The van der Waals surface area contributed by atoms with E-state index < -0.39 is 11.2 Å². The number of hydrogen-bond acceptors (Lipinski definition) is 8. The molecule has 2 aromatic carbocycles. The van der Waals surface area contributed by atoms with Crippen LogP contribution in [0.2, 0.25) is 0 Å². The van der Waals surface area contributed by atoms with E-state index in [1.807, 2.05) is 43.0 Å². The molecule has 2 amide bonds. The number of amides is 2. The Morgan fingerprint density at radius 3 is 2.59 bits per heavy atom. The van der Waals surface area contributed by atoms with E-state index in [1.54, 1.807) is 30.1 Å². The summed E-state index contributed by atoms with van der Waals surface area (Å²) in [5.74, 6) is 0.0221. The maximum absolute atomic E-state index is 15.0. The molecule has 0 saturated carbocycles. The van der Waals surface area contributed by atoms with Crippen LogP contribution in [0, 0.1) is 16.6 Å².